The number of ether oxygens (including phenoxy) is 1. The molecule has 0 aliphatic heterocycles. The van der Waals surface area contributed by atoms with Gasteiger partial charge in [0.15, 0.2) is 0 Å². The third-order valence-electron chi connectivity index (χ3n) is 1.31. The summed E-state index contributed by atoms with van der Waals surface area (Å²) in [4.78, 5) is 14.7. The van der Waals surface area contributed by atoms with Crippen molar-refractivity contribution in [3.05, 3.63) is 16.6 Å². The summed E-state index contributed by atoms with van der Waals surface area (Å²) in [5.41, 5.74) is 0. The average molecular weight is 245 g/mol. The third-order valence-corrected chi connectivity index (χ3v) is 1.91. The van der Waals surface area contributed by atoms with E-state index in [1.165, 1.54) is 14.0 Å². The molecule has 0 atom stereocenters. The molecule has 70 valence electrons. The van der Waals surface area contributed by atoms with Crippen LogP contribution in [0.2, 0.25) is 0 Å². The molecule has 0 saturated heterocycles. The predicted molar refractivity (Wildman–Crippen MR) is 52.8 cm³/mol. The fourth-order valence-electron chi connectivity index (χ4n) is 0.817. The van der Waals surface area contributed by atoms with Crippen LogP contribution in [0.1, 0.15) is 6.92 Å². The Hall–Kier alpha value is -1.10. The quantitative estimate of drug-likeness (QED) is 0.864. The summed E-state index contributed by atoms with van der Waals surface area (Å²) in [6.45, 7) is 1.43. The van der Waals surface area contributed by atoms with Crippen LogP contribution in [0, 0.1) is 0 Å². The summed E-state index contributed by atoms with van der Waals surface area (Å²) in [5.74, 6) is 0.774. The van der Waals surface area contributed by atoms with Gasteiger partial charge < -0.3 is 10.1 Å². The maximum Gasteiger partial charge on any atom is 0.229 e. The first-order valence-corrected chi connectivity index (χ1v) is 4.41. The van der Waals surface area contributed by atoms with E-state index >= 15 is 0 Å². The summed E-state index contributed by atoms with van der Waals surface area (Å²) in [6, 6.07) is 3.45. The van der Waals surface area contributed by atoms with Gasteiger partial charge in [0.1, 0.15) is 5.82 Å². The number of hydrogen-bond donors (Lipinski definition) is 1. The molecule has 1 rings (SSSR count). The first kappa shape index (κ1) is 9.98. The van der Waals surface area contributed by atoms with Crippen molar-refractivity contribution in [1.29, 1.82) is 0 Å². The highest BCUT2D eigenvalue weighted by molar-refractivity contribution is 9.10. The fraction of sp³-hybridized carbons (Fsp3) is 0.250. The van der Waals surface area contributed by atoms with Crippen molar-refractivity contribution in [2.75, 3.05) is 12.4 Å². The van der Waals surface area contributed by atoms with E-state index in [0.29, 0.717) is 11.7 Å². The number of methoxy groups -OCH3 is 1. The van der Waals surface area contributed by atoms with Crippen LogP contribution in [-0.4, -0.2) is 18.0 Å². The van der Waals surface area contributed by atoms with Gasteiger partial charge in [0, 0.05) is 6.92 Å². The van der Waals surface area contributed by atoms with Crippen LogP contribution in [0.4, 0.5) is 5.82 Å². The second kappa shape index (κ2) is 4.23. The average Bonchev–Trinajstić information content (AvgIpc) is 2.07. The molecule has 1 N–H and O–H groups in total. The molecule has 0 bridgehead atoms. The molecule has 0 fully saturated rings. The van der Waals surface area contributed by atoms with E-state index < -0.39 is 0 Å². The lowest BCUT2D eigenvalue weighted by atomic mass is 10.4. The summed E-state index contributed by atoms with van der Waals surface area (Å²) >= 11 is 3.26. The molecule has 1 amide bonds. The zero-order chi connectivity index (χ0) is 9.84. The molecule has 0 aliphatic rings. The molecule has 4 nitrogen and oxygen atoms in total. The molecule has 0 spiro atoms. The fourth-order valence-corrected chi connectivity index (χ4v) is 1.20. The van der Waals surface area contributed by atoms with Crippen molar-refractivity contribution < 1.29 is 9.53 Å². The van der Waals surface area contributed by atoms with Gasteiger partial charge in [-0.2, -0.15) is 4.98 Å². The molecule has 0 radical (unpaired) electrons. The molecule has 0 aromatic carbocycles. The van der Waals surface area contributed by atoms with E-state index in [0.717, 1.165) is 4.47 Å². The number of nitrogens with one attached hydrogen (secondary N) is 1. The third kappa shape index (κ3) is 2.69. The molecular formula is C8H9BrN2O2. The number of carbonyl (C=O) groups is 1. The molecule has 0 aliphatic carbocycles. The number of aromatic nitrogens is 1. The van der Waals surface area contributed by atoms with Crippen LogP contribution in [0.25, 0.3) is 0 Å². The van der Waals surface area contributed by atoms with Crippen molar-refractivity contribution in [3.63, 3.8) is 0 Å². The van der Waals surface area contributed by atoms with Crippen LogP contribution < -0.4 is 10.1 Å². The number of pyridine rings is 1. The monoisotopic (exact) mass is 244 g/mol. The number of anilines is 1. The van der Waals surface area contributed by atoms with E-state index in [4.69, 9.17) is 4.74 Å². The van der Waals surface area contributed by atoms with Crippen molar-refractivity contribution in [1.82, 2.24) is 4.98 Å². The second-order valence-electron chi connectivity index (χ2n) is 2.37. The highest BCUT2D eigenvalue weighted by Crippen LogP contribution is 2.23. The Bertz CT molecular complexity index is 328. The van der Waals surface area contributed by atoms with Crippen LogP contribution in [-0.2, 0) is 4.79 Å². The lowest BCUT2D eigenvalue weighted by molar-refractivity contribution is -0.114. The highest BCUT2D eigenvalue weighted by atomic mass is 79.9. The van der Waals surface area contributed by atoms with Gasteiger partial charge in [-0.15, -0.1) is 0 Å². The summed E-state index contributed by atoms with van der Waals surface area (Å²) in [6.07, 6.45) is 0. The molecule has 1 heterocycles. The Labute approximate surface area is 84.4 Å². The van der Waals surface area contributed by atoms with Gasteiger partial charge >= 0.3 is 0 Å². The topological polar surface area (TPSA) is 51.2 Å². The van der Waals surface area contributed by atoms with Crippen molar-refractivity contribution in [2.45, 2.75) is 6.92 Å². The molecule has 0 saturated carbocycles. The standard InChI is InChI=1S/C8H9BrN2O2/c1-5(12)10-7-4-3-6(9)8(11-7)13-2/h3-4H,1-2H3,(H,10,11,12). The second-order valence-corrected chi connectivity index (χ2v) is 3.22. The Kier molecular flexibility index (Phi) is 3.25. The van der Waals surface area contributed by atoms with Gasteiger partial charge in [0.05, 0.1) is 11.6 Å². The van der Waals surface area contributed by atoms with Gasteiger partial charge in [0.2, 0.25) is 11.8 Å². The maximum absolute atomic E-state index is 10.7. The van der Waals surface area contributed by atoms with Gasteiger partial charge in [0.25, 0.3) is 0 Å². The summed E-state index contributed by atoms with van der Waals surface area (Å²) in [7, 11) is 1.52. The first-order chi connectivity index (χ1) is 6.13. The lowest BCUT2D eigenvalue weighted by Crippen LogP contribution is -2.07. The van der Waals surface area contributed by atoms with Gasteiger partial charge in [-0.1, -0.05) is 0 Å². The zero-order valence-corrected chi connectivity index (χ0v) is 8.88. The SMILES string of the molecule is COc1nc(NC(C)=O)ccc1Br. The summed E-state index contributed by atoms with van der Waals surface area (Å²) in [5, 5.41) is 2.56. The number of halogens is 1. The Morgan fingerprint density at radius 2 is 2.31 bits per heavy atom. The van der Waals surface area contributed by atoms with Crippen molar-refractivity contribution >= 4 is 27.7 Å². The molecule has 1 aromatic heterocycles. The molecule has 5 heteroatoms. The minimum Gasteiger partial charge on any atom is -0.480 e. The largest absolute Gasteiger partial charge is 0.480 e. The van der Waals surface area contributed by atoms with Gasteiger partial charge in [-0.25, -0.2) is 0 Å². The number of rotatable bonds is 2. The first-order valence-electron chi connectivity index (χ1n) is 3.61. The van der Waals surface area contributed by atoms with E-state index in [1.54, 1.807) is 12.1 Å². The minimum absolute atomic E-state index is 0.156. The Balaban J connectivity index is 2.92. The Morgan fingerprint density at radius 3 is 2.85 bits per heavy atom. The highest BCUT2D eigenvalue weighted by Gasteiger charge is 2.03. The van der Waals surface area contributed by atoms with Crippen LogP contribution in [0.5, 0.6) is 5.88 Å². The number of hydrogen-bond acceptors (Lipinski definition) is 3. The summed E-state index contributed by atoms with van der Waals surface area (Å²) < 4.78 is 5.71. The van der Waals surface area contributed by atoms with Crippen LogP contribution in [0.3, 0.4) is 0 Å². The maximum atomic E-state index is 10.7. The smallest absolute Gasteiger partial charge is 0.229 e. The van der Waals surface area contributed by atoms with E-state index in [1.807, 2.05) is 0 Å². The molecule has 1 aromatic rings. The lowest BCUT2D eigenvalue weighted by Gasteiger charge is -2.04. The number of carbonyl (C=O) groups excluding carboxylic acids is 1. The van der Waals surface area contributed by atoms with E-state index in [9.17, 15) is 4.79 Å². The zero-order valence-electron chi connectivity index (χ0n) is 7.30. The minimum atomic E-state index is -0.156. The Morgan fingerprint density at radius 1 is 1.62 bits per heavy atom. The van der Waals surface area contributed by atoms with Gasteiger partial charge in [-0.3, -0.25) is 4.79 Å². The predicted octanol–water partition coefficient (Wildman–Crippen LogP) is 1.81. The van der Waals surface area contributed by atoms with Crippen LogP contribution in [0.15, 0.2) is 16.6 Å². The van der Waals surface area contributed by atoms with Gasteiger partial charge in [-0.05, 0) is 28.1 Å². The van der Waals surface area contributed by atoms with E-state index in [2.05, 4.69) is 26.2 Å². The normalized spacial score (nSPS) is 9.46. The molecule has 0 unspecified atom stereocenters. The molecular weight excluding hydrogens is 236 g/mol. The van der Waals surface area contributed by atoms with Crippen LogP contribution >= 0.6 is 15.9 Å². The van der Waals surface area contributed by atoms with E-state index in [-0.39, 0.29) is 5.91 Å². The molecule has 13 heavy (non-hydrogen) atoms. The number of amides is 1. The number of nitrogens with zero attached hydrogens (tertiary/aromatic N) is 1. The van der Waals surface area contributed by atoms with Crippen molar-refractivity contribution in [2.24, 2.45) is 0 Å². The van der Waals surface area contributed by atoms with Crippen molar-refractivity contribution in [3.8, 4) is 5.88 Å².